The molecular formula is C25H24FN3S. The lowest BCUT2D eigenvalue weighted by molar-refractivity contribution is 0.616. The Morgan fingerprint density at radius 1 is 0.900 bits per heavy atom. The molecular weight excluding hydrogens is 393 g/mol. The predicted molar refractivity (Wildman–Crippen MR) is 121 cm³/mol. The largest absolute Gasteiger partial charge is 0.302 e. The second kappa shape index (κ2) is 9.26. The SMILES string of the molecule is Cc1ccc(C)c(CSc2nnc(-c3ccccc3F)n2CCc2ccccc2)c1. The van der Waals surface area contributed by atoms with Gasteiger partial charge in [-0.3, -0.25) is 0 Å². The van der Waals surface area contributed by atoms with Gasteiger partial charge < -0.3 is 4.57 Å². The van der Waals surface area contributed by atoms with Crippen LogP contribution in [0, 0.1) is 19.7 Å². The van der Waals surface area contributed by atoms with Crippen molar-refractivity contribution in [3.05, 3.63) is 101 Å². The molecule has 0 saturated heterocycles. The Kier molecular flexibility index (Phi) is 6.29. The highest BCUT2D eigenvalue weighted by Gasteiger charge is 2.17. The minimum Gasteiger partial charge on any atom is -0.302 e. The maximum Gasteiger partial charge on any atom is 0.191 e. The number of thioether (sulfide) groups is 1. The van der Waals surface area contributed by atoms with Crippen molar-refractivity contribution in [2.24, 2.45) is 0 Å². The van der Waals surface area contributed by atoms with Crippen molar-refractivity contribution in [3.63, 3.8) is 0 Å². The molecule has 0 unspecified atom stereocenters. The van der Waals surface area contributed by atoms with Crippen molar-refractivity contribution < 1.29 is 4.39 Å². The molecule has 0 bridgehead atoms. The molecule has 0 amide bonds. The van der Waals surface area contributed by atoms with Gasteiger partial charge in [-0.1, -0.05) is 78.0 Å². The van der Waals surface area contributed by atoms with Gasteiger partial charge in [0.2, 0.25) is 0 Å². The summed E-state index contributed by atoms with van der Waals surface area (Å²) in [7, 11) is 0. The summed E-state index contributed by atoms with van der Waals surface area (Å²) in [4.78, 5) is 0. The van der Waals surface area contributed by atoms with Crippen molar-refractivity contribution in [3.8, 4) is 11.4 Å². The second-order valence-corrected chi connectivity index (χ2v) is 8.33. The van der Waals surface area contributed by atoms with Crippen molar-refractivity contribution in [2.45, 2.75) is 37.7 Å². The van der Waals surface area contributed by atoms with Crippen molar-refractivity contribution in [1.82, 2.24) is 14.8 Å². The van der Waals surface area contributed by atoms with Crippen LogP contribution in [0.5, 0.6) is 0 Å². The number of nitrogens with zero attached hydrogens (tertiary/aromatic N) is 3. The summed E-state index contributed by atoms with van der Waals surface area (Å²) in [5, 5.41) is 9.60. The molecule has 0 aliphatic heterocycles. The van der Waals surface area contributed by atoms with Gasteiger partial charge in [0.25, 0.3) is 0 Å². The minimum absolute atomic E-state index is 0.281. The van der Waals surface area contributed by atoms with Crippen LogP contribution in [0.25, 0.3) is 11.4 Å². The smallest absolute Gasteiger partial charge is 0.191 e. The van der Waals surface area contributed by atoms with Crippen LogP contribution < -0.4 is 0 Å². The monoisotopic (exact) mass is 417 g/mol. The van der Waals surface area contributed by atoms with Crippen LogP contribution in [0.4, 0.5) is 4.39 Å². The second-order valence-electron chi connectivity index (χ2n) is 7.39. The fourth-order valence-corrected chi connectivity index (χ4v) is 4.45. The lowest BCUT2D eigenvalue weighted by atomic mass is 10.1. The van der Waals surface area contributed by atoms with E-state index in [-0.39, 0.29) is 5.82 Å². The van der Waals surface area contributed by atoms with Gasteiger partial charge in [0.05, 0.1) is 5.56 Å². The zero-order valence-corrected chi connectivity index (χ0v) is 18.0. The molecule has 30 heavy (non-hydrogen) atoms. The standard InChI is InChI=1S/C25H24FN3S/c1-18-12-13-19(2)21(16-18)17-30-25-28-27-24(22-10-6-7-11-23(22)26)29(25)15-14-20-8-4-3-5-9-20/h3-13,16H,14-15,17H2,1-2H3. The topological polar surface area (TPSA) is 30.7 Å². The third kappa shape index (κ3) is 4.62. The van der Waals surface area contributed by atoms with E-state index in [0.29, 0.717) is 17.9 Å². The Morgan fingerprint density at radius 3 is 2.47 bits per heavy atom. The maximum absolute atomic E-state index is 14.5. The highest BCUT2D eigenvalue weighted by molar-refractivity contribution is 7.98. The maximum atomic E-state index is 14.5. The number of aryl methyl sites for hydroxylation is 3. The molecule has 0 N–H and O–H groups in total. The predicted octanol–water partition coefficient (Wildman–Crippen LogP) is 6.24. The zero-order valence-electron chi connectivity index (χ0n) is 17.2. The quantitative estimate of drug-likeness (QED) is 0.334. The molecule has 4 rings (SSSR count). The van der Waals surface area contributed by atoms with Gasteiger partial charge in [0, 0.05) is 12.3 Å². The van der Waals surface area contributed by atoms with E-state index >= 15 is 0 Å². The molecule has 0 spiro atoms. The molecule has 152 valence electrons. The van der Waals surface area contributed by atoms with Gasteiger partial charge in [-0.15, -0.1) is 10.2 Å². The molecule has 0 radical (unpaired) electrons. The molecule has 1 aromatic heterocycles. The van der Waals surface area contributed by atoms with Gasteiger partial charge in [-0.2, -0.15) is 0 Å². The molecule has 4 aromatic rings. The number of rotatable bonds is 7. The van der Waals surface area contributed by atoms with Crippen LogP contribution >= 0.6 is 11.8 Å². The molecule has 0 aliphatic carbocycles. The van der Waals surface area contributed by atoms with E-state index in [4.69, 9.17) is 0 Å². The molecule has 0 aliphatic rings. The van der Waals surface area contributed by atoms with Crippen LogP contribution in [-0.4, -0.2) is 14.8 Å². The summed E-state index contributed by atoms with van der Waals surface area (Å²) in [6, 6.07) is 23.5. The van der Waals surface area contributed by atoms with Crippen LogP contribution in [0.15, 0.2) is 78.0 Å². The average molecular weight is 418 g/mol. The van der Waals surface area contributed by atoms with Gasteiger partial charge in [-0.25, -0.2) is 4.39 Å². The van der Waals surface area contributed by atoms with Gasteiger partial charge in [0.1, 0.15) is 5.82 Å². The Balaban J connectivity index is 1.64. The Bertz CT molecular complexity index is 1140. The fourth-order valence-electron chi connectivity index (χ4n) is 3.42. The molecule has 0 saturated carbocycles. The number of hydrogen-bond donors (Lipinski definition) is 0. The summed E-state index contributed by atoms with van der Waals surface area (Å²) < 4.78 is 16.5. The van der Waals surface area contributed by atoms with Gasteiger partial charge in [-0.05, 0) is 49.1 Å². The third-order valence-corrected chi connectivity index (χ3v) is 6.18. The summed E-state index contributed by atoms with van der Waals surface area (Å²) in [5.41, 5.74) is 5.50. The third-order valence-electron chi connectivity index (χ3n) is 5.16. The van der Waals surface area contributed by atoms with Gasteiger partial charge in [0.15, 0.2) is 11.0 Å². The summed E-state index contributed by atoms with van der Waals surface area (Å²) in [5.74, 6) is 1.10. The van der Waals surface area contributed by atoms with E-state index in [1.165, 1.54) is 28.3 Å². The van der Waals surface area contributed by atoms with E-state index in [0.717, 1.165) is 17.3 Å². The van der Waals surface area contributed by atoms with Crippen LogP contribution in [0.3, 0.4) is 0 Å². The van der Waals surface area contributed by atoms with Crippen LogP contribution in [0.2, 0.25) is 0 Å². The molecule has 1 heterocycles. The summed E-state index contributed by atoms with van der Waals surface area (Å²) >= 11 is 1.65. The van der Waals surface area contributed by atoms with Crippen LogP contribution in [0.1, 0.15) is 22.3 Å². The van der Waals surface area contributed by atoms with E-state index in [1.54, 1.807) is 23.9 Å². The first kappa shape index (κ1) is 20.4. The average Bonchev–Trinajstić information content (AvgIpc) is 3.16. The molecule has 5 heteroatoms. The first-order valence-corrected chi connectivity index (χ1v) is 11.0. The highest BCUT2D eigenvalue weighted by atomic mass is 32.2. The Morgan fingerprint density at radius 2 is 1.67 bits per heavy atom. The van der Waals surface area contributed by atoms with E-state index in [2.05, 4.69) is 54.4 Å². The molecule has 0 fully saturated rings. The van der Waals surface area contributed by atoms with Gasteiger partial charge >= 0.3 is 0 Å². The summed E-state index contributed by atoms with van der Waals surface area (Å²) in [6.07, 6.45) is 0.831. The minimum atomic E-state index is -0.281. The normalized spacial score (nSPS) is 11.0. The highest BCUT2D eigenvalue weighted by Crippen LogP contribution is 2.29. The van der Waals surface area contributed by atoms with Crippen molar-refractivity contribution >= 4 is 11.8 Å². The zero-order chi connectivity index (χ0) is 20.9. The first-order valence-electron chi connectivity index (χ1n) is 10.0. The first-order chi connectivity index (χ1) is 14.6. The van der Waals surface area contributed by atoms with E-state index in [9.17, 15) is 4.39 Å². The number of halogens is 1. The number of benzene rings is 3. The molecule has 0 atom stereocenters. The lowest BCUT2D eigenvalue weighted by Gasteiger charge is -2.12. The Hall–Kier alpha value is -2.92. The molecule has 3 aromatic carbocycles. The van der Waals surface area contributed by atoms with E-state index in [1.807, 2.05) is 28.8 Å². The number of hydrogen-bond acceptors (Lipinski definition) is 3. The Labute approximate surface area is 181 Å². The van der Waals surface area contributed by atoms with E-state index < -0.39 is 0 Å². The summed E-state index contributed by atoms with van der Waals surface area (Å²) in [6.45, 7) is 4.92. The van der Waals surface area contributed by atoms with Crippen molar-refractivity contribution in [1.29, 1.82) is 0 Å². The molecule has 3 nitrogen and oxygen atoms in total. The van der Waals surface area contributed by atoms with Crippen molar-refractivity contribution in [2.75, 3.05) is 0 Å². The van der Waals surface area contributed by atoms with Crippen LogP contribution in [-0.2, 0) is 18.7 Å². The fraction of sp³-hybridized carbons (Fsp3) is 0.200. The lowest BCUT2D eigenvalue weighted by Crippen LogP contribution is -2.06. The number of aromatic nitrogens is 3.